The molecule has 3 rings (SSSR count). The van der Waals surface area contributed by atoms with E-state index in [-0.39, 0.29) is 0 Å². The van der Waals surface area contributed by atoms with E-state index in [1.807, 2.05) is 18.2 Å². The lowest BCUT2D eigenvalue weighted by Crippen LogP contribution is -2.41. The minimum absolute atomic E-state index is 0.384. The maximum absolute atomic E-state index is 5.89. The van der Waals surface area contributed by atoms with Gasteiger partial charge in [-0.1, -0.05) is 23.7 Å². The Morgan fingerprint density at radius 2 is 1.82 bits per heavy atom. The summed E-state index contributed by atoms with van der Waals surface area (Å²) in [6.45, 7) is 1.01. The van der Waals surface area contributed by atoms with Crippen LogP contribution in [0, 0.1) is 0 Å². The highest BCUT2D eigenvalue weighted by Gasteiger charge is 2.30. The van der Waals surface area contributed by atoms with Crippen LogP contribution in [0.25, 0.3) is 0 Å². The van der Waals surface area contributed by atoms with Crippen LogP contribution in [0.15, 0.2) is 42.7 Å². The smallest absolute Gasteiger partial charge is 0.225 e. The van der Waals surface area contributed by atoms with E-state index in [2.05, 4.69) is 27.0 Å². The van der Waals surface area contributed by atoms with Gasteiger partial charge in [0.15, 0.2) is 0 Å². The van der Waals surface area contributed by atoms with Crippen LogP contribution in [-0.2, 0) is 0 Å². The molecular formula is C13H12ClN3. The molecule has 0 N–H and O–H groups in total. The predicted octanol–water partition coefficient (Wildman–Crippen LogP) is 3.08. The molecule has 1 unspecified atom stereocenters. The van der Waals surface area contributed by atoms with Crippen molar-refractivity contribution in [3.8, 4) is 0 Å². The second-order valence-electron chi connectivity index (χ2n) is 4.10. The summed E-state index contributed by atoms with van der Waals surface area (Å²) in [5, 5.41) is 0.774. The molecule has 1 fully saturated rings. The summed E-state index contributed by atoms with van der Waals surface area (Å²) in [7, 11) is 0. The number of hydrogen-bond donors (Lipinski definition) is 0. The standard InChI is InChI=1S/C13H12ClN3/c14-11-4-2-10(3-5-11)12-6-9-17(12)13-15-7-1-8-16-13/h1-5,7-8,12H,6,9H2. The van der Waals surface area contributed by atoms with Crippen LogP contribution in [0.1, 0.15) is 18.0 Å². The summed E-state index contributed by atoms with van der Waals surface area (Å²) in [5.74, 6) is 0.804. The molecule has 1 aromatic heterocycles. The highest BCUT2D eigenvalue weighted by atomic mass is 35.5. The molecule has 1 saturated heterocycles. The predicted molar refractivity (Wildman–Crippen MR) is 68.2 cm³/mol. The number of nitrogens with zero attached hydrogens (tertiary/aromatic N) is 3. The first-order chi connectivity index (χ1) is 8.34. The first-order valence-electron chi connectivity index (χ1n) is 5.64. The summed E-state index contributed by atoms with van der Waals surface area (Å²) >= 11 is 5.89. The third kappa shape index (κ3) is 1.98. The van der Waals surface area contributed by atoms with Crippen LogP contribution in [0.5, 0.6) is 0 Å². The number of benzene rings is 1. The topological polar surface area (TPSA) is 29.0 Å². The molecule has 1 aliphatic rings. The normalized spacial score (nSPS) is 18.9. The van der Waals surface area contributed by atoms with Crippen molar-refractivity contribution in [1.29, 1.82) is 0 Å². The lowest BCUT2D eigenvalue weighted by Gasteiger charge is -2.41. The fourth-order valence-electron chi connectivity index (χ4n) is 2.10. The number of rotatable bonds is 2. The van der Waals surface area contributed by atoms with Gasteiger partial charge in [0.2, 0.25) is 5.95 Å². The molecule has 1 aromatic carbocycles. The zero-order valence-electron chi connectivity index (χ0n) is 9.25. The van der Waals surface area contributed by atoms with Gasteiger partial charge in [-0.15, -0.1) is 0 Å². The molecule has 0 saturated carbocycles. The van der Waals surface area contributed by atoms with Gasteiger partial charge < -0.3 is 4.90 Å². The number of aromatic nitrogens is 2. The summed E-state index contributed by atoms with van der Waals surface area (Å²) in [6.07, 6.45) is 4.69. The van der Waals surface area contributed by atoms with Crippen molar-refractivity contribution in [1.82, 2.24) is 9.97 Å². The lowest BCUT2D eigenvalue weighted by atomic mass is 9.95. The van der Waals surface area contributed by atoms with Crippen molar-refractivity contribution >= 4 is 17.5 Å². The molecule has 1 aliphatic heterocycles. The van der Waals surface area contributed by atoms with Gasteiger partial charge >= 0.3 is 0 Å². The van der Waals surface area contributed by atoms with Gasteiger partial charge in [0.1, 0.15) is 0 Å². The Bertz CT molecular complexity index is 498. The Labute approximate surface area is 105 Å². The lowest BCUT2D eigenvalue weighted by molar-refractivity contribution is 0.455. The molecule has 4 heteroatoms. The van der Waals surface area contributed by atoms with Gasteiger partial charge in [-0.2, -0.15) is 0 Å². The van der Waals surface area contributed by atoms with Crippen molar-refractivity contribution in [2.75, 3.05) is 11.4 Å². The van der Waals surface area contributed by atoms with Crippen LogP contribution < -0.4 is 4.90 Å². The van der Waals surface area contributed by atoms with E-state index in [9.17, 15) is 0 Å². The average molecular weight is 246 g/mol. The van der Waals surface area contributed by atoms with Crippen molar-refractivity contribution < 1.29 is 0 Å². The Kier molecular flexibility index (Phi) is 2.69. The molecule has 86 valence electrons. The van der Waals surface area contributed by atoms with Gasteiger partial charge in [-0.05, 0) is 30.2 Å². The molecule has 0 radical (unpaired) electrons. The average Bonchev–Trinajstić information content (AvgIpc) is 2.32. The Hall–Kier alpha value is -1.61. The highest BCUT2D eigenvalue weighted by molar-refractivity contribution is 6.30. The summed E-state index contributed by atoms with van der Waals surface area (Å²) < 4.78 is 0. The molecule has 3 nitrogen and oxygen atoms in total. The van der Waals surface area contributed by atoms with Crippen LogP contribution >= 0.6 is 11.6 Å². The zero-order chi connectivity index (χ0) is 11.7. The fourth-order valence-corrected chi connectivity index (χ4v) is 2.22. The fraction of sp³-hybridized carbons (Fsp3) is 0.231. The van der Waals surface area contributed by atoms with E-state index in [0.29, 0.717) is 6.04 Å². The monoisotopic (exact) mass is 245 g/mol. The summed E-state index contributed by atoms with van der Waals surface area (Å²) in [4.78, 5) is 10.8. The zero-order valence-corrected chi connectivity index (χ0v) is 10.0. The van der Waals surface area contributed by atoms with E-state index in [1.165, 1.54) is 5.56 Å². The van der Waals surface area contributed by atoms with Gasteiger partial charge in [0.05, 0.1) is 6.04 Å². The van der Waals surface area contributed by atoms with Gasteiger partial charge in [-0.3, -0.25) is 0 Å². The molecule has 2 heterocycles. The molecule has 0 spiro atoms. The third-order valence-electron chi connectivity index (χ3n) is 3.08. The van der Waals surface area contributed by atoms with Crippen molar-refractivity contribution in [3.05, 3.63) is 53.3 Å². The van der Waals surface area contributed by atoms with Crippen molar-refractivity contribution in [2.24, 2.45) is 0 Å². The molecule has 0 aliphatic carbocycles. The third-order valence-corrected chi connectivity index (χ3v) is 3.34. The van der Waals surface area contributed by atoms with Crippen LogP contribution in [0.3, 0.4) is 0 Å². The van der Waals surface area contributed by atoms with Gasteiger partial charge in [-0.25, -0.2) is 9.97 Å². The molecule has 1 atom stereocenters. The molecule has 0 amide bonds. The summed E-state index contributed by atoms with van der Waals surface area (Å²) in [6, 6.07) is 10.2. The molecule has 0 bridgehead atoms. The number of anilines is 1. The van der Waals surface area contributed by atoms with Crippen LogP contribution in [0.2, 0.25) is 5.02 Å². The van der Waals surface area contributed by atoms with Gasteiger partial charge in [0.25, 0.3) is 0 Å². The highest BCUT2D eigenvalue weighted by Crippen LogP contribution is 2.35. The van der Waals surface area contributed by atoms with E-state index < -0.39 is 0 Å². The maximum atomic E-state index is 5.89. The molecule has 2 aromatic rings. The molecule has 17 heavy (non-hydrogen) atoms. The van der Waals surface area contributed by atoms with E-state index in [4.69, 9.17) is 11.6 Å². The van der Waals surface area contributed by atoms with Crippen LogP contribution in [-0.4, -0.2) is 16.5 Å². The Morgan fingerprint density at radius 3 is 2.41 bits per heavy atom. The molecular weight excluding hydrogens is 234 g/mol. The first kappa shape index (κ1) is 10.5. The van der Waals surface area contributed by atoms with E-state index in [0.717, 1.165) is 23.9 Å². The second kappa shape index (κ2) is 4.34. The summed E-state index contributed by atoms with van der Waals surface area (Å²) in [5.41, 5.74) is 1.27. The van der Waals surface area contributed by atoms with Gasteiger partial charge in [0, 0.05) is 24.0 Å². The second-order valence-corrected chi connectivity index (χ2v) is 4.53. The quantitative estimate of drug-likeness (QED) is 0.814. The van der Waals surface area contributed by atoms with Crippen molar-refractivity contribution in [3.63, 3.8) is 0 Å². The van der Waals surface area contributed by atoms with Crippen molar-refractivity contribution in [2.45, 2.75) is 12.5 Å². The Balaban J connectivity index is 1.84. The minimum atomic E-state index is 0.384. The van der Waals surface area contributed by atoms with E-state index in [1.54, 1.807) is 12.4 Å². The largest absolute Gasteiger partial charge is 0.334 e. The maximum Gasteiger partial charge on any atom is 0.225 e. The Morgan fingerprint density at radius 1 is 1.12 bits per heavy atom. The van der Waals surface area contributed by atoms with Crippen LogP contribution in [0.4, 0.5) is 5.95 Å². The number of halogens is 1. The van der Waals surface area contributed by atoms with E-state index >= 15 is 0 Å². The first-order valence-corrected chi connectivity index (χ1v) is 6.01. The number of hydrogen-bond acceptors (Lipinski definition) is 3. The SMILES string of the molecule is Clc1ccc(C2CCN2c2ncccn2)cc1. The minimum Gasteiger partial charge on any atom is -0.334 e.